The minimum absolute atomic E-state index is 0.0182. The van der Waals surface area contributed by atoms with Gasteiger partial charge in [0.25, 0.3) is 11.5 Å². The van der Waals surface area contributed by atoms with Gasteiger partial charge in [-0.15, -0.1) is 0 Å². The minimum atomic E-state index is -0.510. The van der Waals surface area contributed by atoms with Gasteiger partial charge in [0.15, 0.2) is 0 Å². The Bertz CT molecular complexity index is 865. The summed E-state index contributed by atoms with van der Waals surface area (Å²) in [5, 5.41) is 9.23. The van der Waals surface area contributed by atoms with Crippen LogP contribution in [0, 0.1) is 0 Å². The number of anilines is 1. The van der Waals surface area contributed by atoms with Crippen molar-refractivity contribution in [3.63, 3.8) is 0 Å². The zero-order valence-electron chi connectivity index (χ0n) is 11.3. The van der Waals surface area contributed by atoms with Crippen LogP contribution in [0.2, 0.25) is 0 Å². The Hall–Kier alpha value is -2.96. The van der Waals surface area contributed by atoms with Gasteiger partial charge in [-0.2, -0.15) is 5.10 Å². The summed E-state index contributed by atoms with van der Waals surface area (Å²) in [4.78, 5) is 28.6. The number of aromatic amines is 1. The number of aryl methyl sites for hydroxylation is 1. The number of rotatable bonds is 3. The van der Waals surface area contributed by atoms with Gasteiger partial charge in [0.2, 0.25) is 0 Å². The van der Waals surface area contributed by atoms with E-state index in [0.29, 0.717) is 11.5 Å². The second-order valence-electron chi connectivity index (χ2n) is 4.48. The number of hydrogen-bond donors (Lipinski definition) is 2. The van der Waals surface area contributed by atoms with E-state index in [1.54, 1.807) is 30.6 Å². The predicted molar refractivity (Wildman–Crippen MR) is 77.4 cm³/mol. The number of pyridine rings is 1. The summed E-state index contributed by atoms with van der Waals surface area (Å²) in [6.07, 6.45) is 5.23. The van der Waals surface area contributed by atoms with Gasteiger partial charge in [0.1, 0.15) is 17.0 Å². The van der Waals surface area contributed by atoms with E-state index in [9.17, 15) is 9.59 Å². The summed E-state index contributed by atoms with van der Waals surface area (Å²) < 4.78 is 1.34. The molecule has 106 valence electrons. The van der Waals surface area contributed by atoms with Gasteiger partial charge in [-0.05, 0) is 18.6 Å². The molecule has 7 nitrogen and oxygen atoms in total. The third kappa shape index (κ3) is 2.29. The highest BCUT2D eigenvalue weighted by Crippen LogP contribution is 2.12. The molecule has 2 N–H and O–H groups in total. The molecule has 3 aromatic rings. The summed E-state index contributed by atoms with van der Waals surface area (Å²) in [7, 11) is 0. The minimum Gasteiger partial charge on any atom is -0.306 e. The fourth-order valence-electron chi connectivity index (χ4n) is 2.05. The fraction of sp³-hybridized carbons (Fsp3) is 0.143. The highest BCUT2D eigenvalue weighted by Gasteiger charge is 2.15. The molecule has 0 aromatic carbocycles. The number of carbonyl (C=O) groups is 1. The van der Waals surface area contributed by atoms with Crippen LogP contribution >= 0.6 is 0 Å². The Morgan fingerprint density at radius 3 is 3.05 bits per heavy atom. The fourth-order valence-corrected chi connectivity index (χ4v) is 2.05. The molecule has 7 heteroatoms. The van der Waals surface area contributed by atoms with Gasteiger partial charge in [-0.25, -0.2) is 4.98 Å². The first kappa shape index (κ1) is 13.0. The smallest absolute Gasteiger partial charge is 0.270 e. The van der Waals surface area contributed by atoms with Crippen LogP contribution in [-0.2, 0) is 6.42 Å². The molecule has 0 unspecified atom stereocenters. The van der Waals surface area contributed by atoms with Crippen molar-refractivity contribution in [2.24, 2.45) is 0 Å². The van der Waals surface area contributed by atoms with Crippen molar-refractivity contribution in [1.82, 2.24) is 19.6 Å². The van der Waals surface area contributed by atoms with Crippen molar-refractivity contribution in [2.75, 3.05) is 5.32 Å². The van der Waals surface area contributed by atoms with Gasteiger partial charge in [-0.3, -0.25) is 19.1 Å². The average Bonchev–Trinajstić information content (AvgIpc) is 2.95. The predicted octanol–water partition coefficient (Wildman–Crippen LogP) is 1.23. The number of amides is 1. The Morgan fingerprint density at radius 2 is 2.24 bits per heavy atom. The van der Waals surface area contributed by atoms with E-state index in [1.165, 1.54) is 10.6 Å². The van der Waals surface area contributed by atoms with Crippen LogP contribution in [0.5, 0.6) is 0 Å². The monoisotopic (exact) mass is 283 g/mol. The van der Waals surface area contributed by atoms with Gasteiger partial charge in [0, 0.05) is 18.0 Å². The molecule has 0 aliphatic heterocycles. The molecule has 0 saturated heterocycles. The Kier molecular flexibility index (Phi) is 3.23. The number of nitrogens with zero attached hydrogens (tertiary/aromatic N) is 3. The van der Waals surface area contributed by atoms with Crippen molar-refractivity contribution < 1.29 is 4.79 Å². The van der Waals surface area contributed by atoms with Crippen LogP contribution in [0.3, 0.4) is 0 Å². The maximum Gasteiger partial charge on any atom is 0.270 e. The van der Waals surface area contributed by atoms with Crippen molar-refractivity contribution in [3.05, 3.63) is 58.3 Å². The molecule has 3 heterocycles. The second-order valence-corrected chi connectivity index (χ2v) is 4.48. The first-order valence-electron chi connectivity index (χ1n) is 6.50. The van der Waals surface area contributed by atoms with Crippen LogP contribution in [0.4, 0.5) is 5.82 Å². The normalized spacial score (nSPS) is 10.7. The Balaban J connectivity index is 1.99. The summed E-state index contributed by atoms with van der Waals surface area (Å²) >= 11 is 0. The molecule has 0 bridgehead atoms. The van der Waals surface area contributed by atoms with Crippen LogP contribution in [0.1, 0.15) is 22.8 Å². The van der Waals surface area contributed by atoms with E-state index >= 15 is 0 Å². The third-order valence-corrected chi connectivity index (χ3v) is 3.20. The van der Waals surface area contributed by atoms with E-state index in [2.05, 4.69) is 20.5 Å². The quantitative estimate of drug-likeness (QED) is 0.756. The van der Waals surface area contributed by atoms with Crippen molar-refractivity contribution >= 4 is 17.4 Å². The number of fused-ring (bicyclic) bond motifs is 1. The Labute approximate surface area is 119 Å². The number of hydrogen-bond acceptors (Lipinski definition) is 4. The largest absolute Gasteiger partial charge is 0.306 e. The molecule has 0 spiro atoms. The molecule has 1 amide bonds. The molecular weight excluding hydrogens is 270 g/mol. The lowest BCUT2D eigenvalue weighted by Crippen LogP contribution is -2.26. The highest BCUT2D eigenvalue weighted by molar-refractivity contribution is 6.03. The zero-order chi connectivity index (χ0) is 14.8. The molecule has 0 atom stereocenters. The number of nitrogens with one attached hydrogen (secondary N) is 2. The van der Waals surface area contributed by atoms with Crippen LogP contribution in [0.25, 0.3) is 5.65 Å². The summed E-state index contributed by atoms with van der Waals surface area (Å²) in [5.41, 5.74) is 0.943. The van der Waals surface area contributed by atoms with Gasteiger partial charge in [-0.1, -0.05) is 13.0 Å². The lowest BCUT2D eigenvalue weighted by molar-refractivity contribution is 0.102. The zero-order valence-corrected chi connectivity index (χ0v) is 11.3. The first-order valence-corrected chi connectivity index (χ1v) is 6.50. The van der Waals surface area contributed by atoms with Gasteiger partial charge >= 0.3 is 0 Å². The molecule has 0 radical (unpaired) electrons. The first-order chi connectivity index (χ1) is 10.2. The molecule has 0 aliphatic rings. The lowest BCUT2D eigenvalue weighted by Gasteiger charge is -2.05. The number of H-pyrrole nitrogens is 1. The van der Waals surface area contributed by atoms with Gasteiger partial charge < -0.3 is 5.32 Å². The molecule has 21 heavy (non-hydrogen) atoms. The van der Waals surface area contributed by atoms with Crippen LogP contribution < -0.4 is 10.9 Å². The SMILES string of the molecule is CCc1cn[nH]c1NC(=O)c1cnc2ccccn2c1=O. The van der Waals surface area contributed by atoms with Gasteiger partial charge in [0.05, 0.1) is 6.20 Å². The molecular formula is C14H13N5O2. The summed E-state index contributed by atoms with van der Waals surface area (Å²) in [6.45, 7) is 1.95. The molecule has 3 rings (SSSR count). The number of carbonyl (C=O) groups excluding carboxylic acids is 1. The second kappa shape index (κ2) is 5.20. The standard InChI is InChI=1S/C14H13N5O2/c1-2-9-7-16-18-12(9)17-13(20)10-8-15-11-5-3-4-6-19(11)14(10)21/h3-8H,2H2,1H3,(H2,16,17,18,20). The summed E-state index contributed by atoms with van der Waals surface area (Å²) in [5.74, 6) is -0.00948. The van der Waals surface area contributed by atoms with Crippen molar-refractivity contribution in [1.29, 1.82) is 0 Å². The maximum absolute atomic E-state index is 12.3. The molecule has 3 aromatic heterocycles. The molecule has 0 fully saturated rings. The topological polar surface area (TPSA) is 92.2 Å². The van der Waals surface area contributed by atoms with E-state index in [1.807, 2.05) is 6.92 Å². The van der Waals surface area contributed by atoms with E-state index in [-0.39, 0.29) is 5.56 Å². The highest BCUT2D eigenvalue weighted by atomic mass is 16.2. The van der Waals surface area contributed by atoms with E-state index in [0.717, 1.165) is 12.0 Å². The van der Waals surface area contributed by atoms with E-state index in [4.69, 9.17) is 0 Å². The van der Waals surface area contributed by atoms with Crippen LogP contribution in [-0.4, -0.2) is 25.5 Å². The summed E-state index contributed by atoms with van der Waals surface area (Å²) in [6, 6.07) is 5.19. The van der Waals surface area contributed by atoms with E-state index < -0.39 is 11.5 Å². The van der Waals surface area contributed by atoms with Crippen molar-refractivity contribution in [2.45, 2.75) is 13.3 Å². The third-order valence-electron chi connectivity index (χ3n) is 3.20. The van der Waals surface area contributed by atoms with Crippen LogP contribution in [0.15, 0.2) is 41.6 Å². The van der Waals surface area contributed by atoms with Crippen molar-refractivity contribution in [3.8, 4) is 0 Å². The average molecular weight is 283 g/mol. The molecule has 0 aliphatic carbocycles. The number of aromatic nitrogens is 4. The Morgan fingerprint density at radius 1 is 1.38 bits per heavy atom. The molecule has 0 saturated carbocycles. The lowest BCUT2D eigenvalue weighted by atomic mass is 10.2. The maximum atomic E-state index is 12.3.